The van der Waals surface area contributed by atoms with Crippen LogP contribution in [0.25, 0.3) is 16.9 Å². The predicted molar refractivity (Wildman–Crippen MR) is 97.0 cm³/mol. The molecule has 0 atom stereocenters. The topological polar surface area (TPSA) is 99.2 Å². The van der Waals surface area contributed by atoms with Gasteiger partial charge in [-0.2, -0.15) is 13.5 Å². The van der Waals surface area contributed by atoms with E-state index < -0.39 is 10.2 Å². The zero-order valence-electron chi connectivity index (χ0n) is 13.8. The highest BCUT2D eigenvalue weighted by atomic mass is 32.2. The van der Waals surface area contributed by atoms with E-state index in [1.165, 1.54) is 0 Å². The second-order valence-corrected chi connectivity index (χ2v) is 6.80. The van der Waals surface area contributed by atoms with Crippen molar-refractivity contribution in [2.75, 3.05) is 11.8 Å². The minimum absolute atomic E-state index is 0.390. The Kier molecular flexibility index (Phi) is 4.47. The van der Waals surface area contributed by atoms with Crippen LogP contribution in [0.15, 0.2) is 54.6 Å². The van der Waals surface area contributed by atoms with Crippen molar-refractivity contribution in [3.05, 3.63) is 60.3 Å². The van der Waals surface area contributed by atoms with Gasteiger partial charge in [0.25, 0.3) is 10.2 Å². The molecule has 7 nitrogen and oxygen atoms in total. The van der Waals surface area contributed by atoms with Crippen molar-refractivity contribution >= 4 is 15.9 Å². The molecular weight excluding hydrogens is 340 g/mol. The summed E-state index contributed by atoms with van der Waals surface area (Å²) in [5.41, 5.74) is 3.98. The molecule has 0 spiro atoms. The molecule has 8 heteroatoms. The van der Waals surface area contributed by atoms with Gasteiger partial charge in [-0.05, 0) is 61.5 Å². The fourth-order valence-electron chi connectivity index (χ4n) is 2.50. The second kappa shape index (κ2) is 6.58. The number of nitrogens with zero attached hydrogens (tertiary/aromatic N) is 2. The van der Waals surface area contributed by atoms with Gasteiger partial charge in [0.2, 0.25) is 0 Å². The lowest BCUT2D eigenvalue weighted by Gasteiger charge is -2.10. The molecule has 2 aromatic carbocycles. The quantitative estimate of drug-likeness (QED) is 0.732. The first-order chi connectivity index (χ1) is 11.9. The number of rotatable bonds is 5. The molecule has 1 aromatic heterocycles. The zero-order chi connectivity index (χ0) is 18.0. The van der Waals surface area contributed by atoms with E-state index in [0.29, 0.717) is 5.69 Å². The molecule has 0 aliphatic heterocycles. The summed E-state index contributed by atoms with van der Waals surface area (Å²) in [6.45, 7) is 1.92. The Hall–Kier alpha value is -2.84. The second-order valence-electron chi connectivity index (χ2n) is 5.51. The highest BCUT2D eigenvalue weighted by Gasteiger charge is 2.11. The molecule has 0 fully saturated rings. The summed E-state index contributed by atoms with van der Waals surface area (Å²) in [5.74, 6) is 0.782. The Labute approximate surface area is 146 Å². The van der Waals surface area contributed by atoms with Crippen LogP contribution < -0.4 is 14.6 Å². The molecule has 3 aromatic rings. The van der Waals surface area contributed by atoms with Crippen LogP contribution in [0.3, 0.4) is 0 Å². The van der Waals surface area contributed by atoms with Gasteiger partial charge in [0, 0.05) is 11.3 Å². The average Bonchev–Trinajstić information content (AvgIpc) is 2.96. The van der Waals surface area contributed by atoms with E-state index in [1.807, 2.05) is 37.3 Å². The van der Waals surface area contributed by atoms with Gasteiger partial charge in [-0.1, -0.05) is 0 Å². The molecule has 0 amide bonds. The average molecular weight is 358 g/mol. The van der Waals surface area contributed by atoms with Crippen molar-refractivity contribution in [3.63, 3.8) is 0 Å². The van der Waals surface area contributed by atoms with Crippen LogP contribution in [0.4, 0.5) is 5.69 Å². The Balaban J connectivity index is 1.97. The molecule has 0 saturated carbocycles. The fraction of sp³-hybridized carbons (Fsp3) is 0.118. The highest BCUT2D eigenvalue weighted by molar-refractivity contribution is 7.90. The third kappa shape index (κ3) is 3.98. The van der Waals surface area contributed by atoms with Gasteiger partial charge in [-0.3, -0.25) is 4.72 Å². The van der Waals surface area contributed by atoms with Gasteiger partial charge < -0.3 is 4.74 Å². The molecule has 0 radical (unpaired) electrons. The van der Waals surface area contributed by atoms with Crippen LogP contribution in [0.2, 0.25) is 0 Å². The van der Waals surface area contributed by atoms with Crippen molar-refractivity contribution in [2.45, 2.75) is 6.92 Å². The third-order valence-electron chi connectivity index (χ3n) is 3.59. The first-order valence-electron chi connectivity index (χ1n) is 7.48. The number of nitrogens with one attached hydrogen (secondary N) is 1. The van der Waals surface area contributed by atoms with Gasteiger partial charge in [-0.25, -0.2) is 9.82 Å². The number of methoxy groups -OCH3 is 1. The monoisotopic (exact) mass is 358 g/mol. The molecular formula is C17H18N4O3S. The van der Waals surface area contributed by atoms with Crippen molar-refractivity contribution < 1.29 is 13.2 Å². The van der Waals surface area contributed by atoms with Gasteiger partial charge in [0.1, 0.15) is 5.75 Å². The van der Waals surface area contributed by atoms with Gasteiger partial charge >= 0.3 is 0 Å². The van der Waals surface area contributed by atoms with Gasteiger partial charge in [0.05, 0.1) is 24.2 Å². The summed E-state index contributed by atoms with van der Waals surface area (Å²) in [5, 5.41) is 9.50. The lowest BCUT2D eigenvalue weighted by atomic mass is 10.1. The van der Waals surface area contributed by atoms with E-state index in [1.54, 1.807) is 36.1 Å². The standard InChI is InChI=1S/C17H18N4O3S/c1-12-11-17(13-3-9-16(24-2)10-4-13)21(19-12)15-7-5-14(6-8-15)20-25(18,22)23/h3-11,20H,1-2H3,(H2,18,22,23). The number of aromatic nitrogens is 2. The normalized spacial score (nSPS) is 11.3. The largest absolute Gasteiger partial charge is 0.497 e. The number of nitrogens with two attached hydrogens (primary N) is 1. The van der Waals surface area contributed by atoms with E-state index in [9.17, 15) is 8.42 Å². The molecule has 0 aliphatic rings. The van der Waals surface area contributed by atoms with Crippen molar-refractivity contribution in [1.82, 2.24) is 9.78 Å². The number of anilines is 1. The fourth-order valence-corrected chi connectivity index (χ4v) is 2.96. The summed E-state index contributed by atoms with van der Waals surface area (Å²) in [4.78, 5) is 0. The van der Waals surface area contributed by atoms with E-state index in [4.69, 9.17) is 9.88 Å². The van der Waals surface area contributed by atoms with Crippen molar-refractivity contribution in [2.24, 2.45) is 5.14 Å². The lowest BCUT2D eigenvalue weighted by molar-refractivity contribution is 0.415. The maximum atomic E-state index is 11.1. The molecule has 0 unspecified atom stereocenters. The Morgan fingerprint density at radius 1 is 1.08 bits per heavy atom. The van der Waals surface area contributed by atoms with Crippen molar-refractivity contribution in [3.8, 4) is 22.7 Å². The first kappa shape index (κ1) is 17.0. The van der Waals surface area contributed by atoms with Crippen LogP contribution in [-0.4, -0.2) is 25.3 Å². The van der Waals surface area contributed by atoms with Crippen LogP contribution >= 0.6 is 0 Å². The Morgan fingerprint density at radius 2 is 1.72 bits per heavy atom. The predicted octanol–water partition coefficient (Wildman–Crippen LogP) is 2.47. The Bertz CT molecular complexity index is 978. The maximum absolute atomic E-state index is 11.1. The maximum Gasteiger partial charge on any atom is 0.296 e. The van der Waals surface area contributed by atoms with E-state index in [2.05, 4.69) is 9.82 Å². The number of aryl methyl sites for hydroxylation is 1. The summed E-state index contributed by atoms with van der Waals surface area (Å²) < 4.78 is 31.4. The number of hydrogen-bond acceptors (Lipinski definition) is 4. The summed E-state index contributed by atoms with van der Waals surface area (Å²) >= 11 is 0. The van der Waals surface area contributed by atoms with E-state index >= 15 is 0 Å². The number of hydrogen-bond donors (Lipinski definition) is 2. The number of ether oxygens (including phenoxy) is 1. The molecule has 25 heavy (non-hydrogen) atoms. The molecule has 0 aliphatic carbocycles. The third-order valence-corrected chi connectivity index (χ3v) is 4.11. The summed E-state index contributed by atoms with van der Waals surface area (Å²) in [7, 11) is -2.17. The van der Waals surface area contributed by atoms with Crippen LogP contribution in [0.1, 0.15) is 5.69 Å². The molecule has 0 bridgehead atoms. The highest BCUT2D eigenvalue weighted by Crippen LogP contribution is 2.26. The first-order valence-corrected chi connectivity index (χ1v) is 9.02. The summed E-state index contributed by atoms with van der Waals surface area (Å²) in [6.07, 6.45) is 0. The molecule has 130 valence electrons. The lowest BCUT2D eigenvalue weighted by Crippen LogP contribution is -2.21. The Morgan fingerprint density at radius 3 is 2.28 bits per heavy atom. The molecule has 3 rings (SSSR count). The van der Waals surface area contributed by atoms with Gasteiger partial charge in [0.15, 0.2) is 0 Å². The van der Waals surface area contributed by atoms with E-state index in [0.717, 1.165) is 28.4 Å². The summed E-state index contributed by atoms with van der Waals surface area (Å²) in [6, 6.07) is 16.5. The van der Waals surface area contributed by atoms with Crippen molar-refractivity contribution in [1.29, 1.82) is 0 Å². The smallest absolute Gasteiger partial charge is 0.296 e. The van der Waals surface area contributed by atoms with Crippen LogP contribution in [-0.2, 0) is 10.2 Å². The molecule has 0 saturated heterocycles. The SMILES string of the molecule is COc1ccc(-c2cc(C)nn2-c2ccc(NS(N)(=O)=O)cc2)cc1. The minimum atomic E-state index is -3.79. The minimum Gasteiger partial charge on any atom is -0.497 e. The number of benzene rings is 2. The van der Waals surface area contributed by atoms with E-state index in [-0.39, 0.29) is 0 Å². The zero-order valence-corrected chi connectivity index (χ0v) is 14.6. The van der Waals surface area contributed by atoms with Crippen LogP contribution in [0, 0.1) is 6.92 Å². The van der Waals surface area contributed by atoms with Gasteiger partial charge in [-0.15, -0.1) is 0 Å². The molecule has 3 N–H and O–H groups in total. The molecule has 1 heterocycles. The van der Waals surface area contributed by atoms with Crippen LogP contribution in [0.5, 0.6) is 5.75 Å².